The lowest BCUT2D eigenvalue weighted by Crippen LogP contribution is -2.35. The number of methoxy groups -OCH3 is 1. The summed E-state index contributed by atoms with van der Waals surface area (Å²) in [5, 5.41) is 6.05. The number of nitrogens with one attached hydrogen (secondary N) is 2. The van der Waals surface area contributed by atoms with Gasteiger partial charge >= 0.3 is 0 Å². The number of rotatable bonds is 9. The Kier molecular flexibility index (Phi) is 8.40. The minimum Gasteiger partial charge on any atom is -0.475 e. The molecule has 0 radical (unpaired) electrons. The third-order valence-corrected chi connectivity index (χ3v) is 6.49. The number of carbonyl (C=O) groups excluding carboxylic acids is 2. The van der Waals surface area contributed by atoms with Crippen molar-refractivity contribution in [2.75, 3.05) is 45.1 Å². The molecule has 0 unspecified atom stereocenters. The third kappa shape index (κ3) is 6.13. The molecule has 1 saturated carbocycles. The van der Waals surface area contributed by atoms with Crippen molar-refractivity contribution in [3.63, 3.8) is 0 Å². The van der Waals surface area contributed by atoms with Crippen LogP contribution >= 0.6 is 11.6 Å². The quantitative estimate of drug-likeness (QED) is 0.407. The molecule has 0 saturated heterocycles. The van der Waals surface area contributed by atoms with Gasteiger partial charge in [-0.2, -0.15) is 0 Å². The largest absolute Gasteiger partial charge is 0.475 e. The Balaban J connectivity index is 1.61. The Morgan fingerprint density at radius 2 is 1.89 bits per heavy atom. The molecule has 0 atom stereocenters. The lowest BCUT2D eigenvalue weighted by Gasteiger charge is -2.31. The fraction of sp³-hybridized carbons (Fsp3) is 0.440. The van der Waals surface area contributed by atoms with Crippen molar-refractivity contribution in [2.24, 2.45) is 5.92 Å². The Morgan fingerprint density at radius 1 is 1.11 bits per heavy atom. The van der Waals surface area contributed by atoms with Crippen LogP contribution < -0.4 is 15.4 Å². The first-order valence-corrected chi connectivity index (χ1v) is 12.2. The molecule has 1 aliphatic rings. The summed E-state index contributed by atoms with van der Waals surface area (Å²) in [4.78, 5) is 37.2. The summed E-state index contributed by atoms with van der Waals surface area (Å²) in [6.07, 6.45) is 4.82. The smallest absolute Gasteiger partial charge is 0.294 e. The van der Waals surface area contributed by atoms with Crippen molar-refractivity contribution in [1.82, 2.24) is 14.9 Å². The first kappa shape index (κ1) is 25.9. The molecule has 10 nitrogen and oxygen atoms in total. The van der Waals surface area contributed by atoms with Crippen LogP contribution in [0.1, 0.15) is 36.2 Å². The van der Waals surface area contributed by atoms with Crippen LogP contribution in [0.15, 0.2) is 34.9 Å². The van der Waals surface area contributed by atoms with Crippen LogP contribution in [0.5, 0.6) is 5.88 Å². The van der Waals surface area contributed by atoms with Gasteiger partial charge in [-0.1, -0.05) is 11.6 Å². The number of hydrogen-bond acceptors (Lipinski definition) is 8. The van der Waals surface area contributed by atoms with Crippen LogP contribution in [-0.4, -0.2) is 67.1 Å². The number of nitrogens with zero attached hydrogens (tertiary/aromatic N) is 3. The van der Waals surface area contributed by atoms with E-state index in [0.717, 1.165) is 25.7 Å². The van der Waals surface area contributed by atoms with E-state index in [2.05, 4.69) is 39.6 Å². The number of hydrogen-bond donors (Lipinski definition) is 2. The van der Waals surface area contributed by atoms with Crippen LogP contribution in [0, 0.1) is 5.92 Å². The van der Waals surface area contributed by atoms with Crippen LogP contribution in [0.25, 0.3) is 11.1 Å². The van der Waals surface area contributed by atoms with E-state index in [1.807, 2.05) is 0 Å². The maximum absolute atomic E-state index is 13.3. The Morgan fingerprint density at radius 3 is 2.56 bits per heavy atom. The molecular formula is C25H30ClN5O5. The number of furan rings is 1. The van der Waals surface area contributed by atoms with E-state index >= 15 is 0 Å². The second-order valence-electron chi connectivity index (χ2n) is 8.92. The summed E-state index contributed by atoms with van der Waals surface area (Å²) in [5.74, 6) is -0.355. The number of amides is 2. The lowest BCUT2D eigenvalue weighted by atomic mass is 9.85. The van der Waals surface area contributed by atoms with Gasteiger partial charge in [-0.15, -0.1) is 0 Å². The Bertz CT molecular complexity index is 1210. The number of fused-ring (bicyclic) bond motifs is 1. The van der Waals surface area contributed by atoms with Gasteiger partial charge in [-0.3, -0.25) is 9.59 Å². The molecule has 192 valence electrons. The lowest BCUT2D eigenvalue weighted by molar-refractivity contribution is -0.121. The molecule has 0 spiro atoms. The summed E-state index contributed by atoms with van der Waals surface area (Å²) in [7, 11) is 5.69. The van der Waals surface area contributed by atoms with E-state index in [1.165, 1.54) is 6.20 Å². The maximum Gasteiger partial charge on any atom is 0.294 e. The summed E-state index contributed by atoms with van der Waals surface area (Å²) < 4.78 is 16.5. The first-order chi connectivity index (χ1) is 17.4. The standard InChI is InChI=1S/C25H30ClN5O5/c1-31(2)17-7-4-15(5-8-17)24(32)30-22-21-18(9-11-20(29-21)35-13-12-34-3)36-23(22)25(33)28-19-10-6-16(26)14-27-19/h6,9-11,14-15,17H,4-5,7-8,12-13H2,1-3H3,(H,30,32)(H,27,28,33)/t15-,17-. The second-order valence-corrected chi connectivity index (χ2v) is 9.35. The van der Waals surface area contributed by atoms with E-state index in [9.17, 15) is 9.59 Å². The monoisotopic (exact) mass is 515 g/mol. The number of anilines is 2. The molecule has 3 aromatic heterocycles. The van der Waals surface area contributed by atoms with Crippen LogP contribution in [-0.2, 0) is 9.53 Å². The molecule has 1 aliphatic carbocycles. The zero-order chi connectivity index (χ0) is 25.7. The highest BCUT2D eigenvalue weighted by molar-refractivity contribution is 6.30. The normalized spacial score (nSPS) is 17.8. The molecule has 2 amide bonds. The average Bonchev–Trinajstić information content (AvgIpc) is 3.23. The number of carbonyl (C=O) groups is 2. The van der Waals surface area contributed by atoms with Crippen LogP contribution in [0.2, 0.25) is 5.02 Å². The SMILES string of the molecule is COCCOc1ccc2oc(C(=O)Nc3ccc(Cl)cn3)c(NC(=O)[C@H]3CC[C@H](N(C)C)CC3)c2n1. The molecular weight excluding hydrogens is 486 g/mol. The molecule has 1 fully saturated rings. The molecule has 36 heavy (non-hydrogen) atoms. The average molecular weight is 516 g/mol. The highest BCUT2D eigenvalue weighted by atomic mass is 35.5. The van der Waals surface area contributed by atoms with Gasteiger partial charge in [0.1, 0.15) is 23.6 Å². The van der Waals surface area contributed by atoms with Crippen LogP contribution in [0.4, 0.5) is 11.5 Å². The highest BCUT2D eigenvalue weighted by Crippen LogP contribution is 2.34. The van der Waals surface area contributed by atoms with E-state index in [4.69, 9.17) is 25.5 Å². The molecule has 11 heteroatoms. The van der Waals surface area contributed by atoms with Gasteiger partial charge in [0.05, 0.1) is 11.6 Å². The van der Waals surface area contributed by atoms with Crippen molar-refractivity contribution in [3.05, 3.63) is 41.2 Å². The predicted octanol–water partition coefficient (Wildman–Crippen LogP) is 4.21. The highest BCUT2D eigenvalue weighted by Gasteiger charge is 2.30. The topological polar surface area (TPSA) is 119 Å². The summed E-state index contributed by atoms with van der Waals surface area (Å²) in [6.45, 7) is 0.700. The van der Waals surface area contributed by atoms with Gasteiger partial charge < -0.3 is 29.4 Å². The van der Waals surface area contributed by atoms with Crippen LogP contribution in [0.3, 0.4) is 0 Å². The fourth-order valence-corrected chi connectivity index (χ4v) is 4.36. The van der Waals surface area contributed by atoms with Crippen molar-refractivity contribution < 1.29 is 23.5 Å². The number of aromatic nitrogens is 2. The van der Waals surface area contributed by atoms with Gasteiger partial charge in [0.2, 0.25) is 17.5 Å². The molecule has 3 aromatic rings. The van der Waals surface area contributed by atoms with E-state index in [1.54, 1.807) is 31.4 Å². The Hall–Kier alpha value is -3.21. The zero-order valence-electron chi connectivity index (χ0n) is 20.5. The zero-order valence-corrected chi connectivity index (χ0v) is 21.3. The van der Waals surface area contributed by atoms with Crippen molar-refractivity contribution in [2.45, 2.75) is 31.7 Å². The van der Waals surface area contributed by atoms with Crippen molar-refractivity contribution >= 4 is 46.0 Å². The van der Waals surface area contributed by atoms with E-state index in [-0.39, 0.29) is 23.3 Å². The number of halogens is 1. The predicted molar refractivity (Wildman–Crippen MR) is 137 cm³/mol. The third-order valence-electron chi connectivity index (χ3n) is 6.27. The molecule has 0 aromatic carbocycles. The first-order valence-electron chi connectivity index (χ1n) is 11.8. The minimum absolute atomic E-state index is 0.0707. The van der Waals surface area contributed by atoms with Crippen molar-refractivity contribution in [3.8, 4) is 5.88 Å². The molecule has 3 heterocycles. The summed E-state index contributed by atoms with van der Waals surface area (Å²) >= 11 is 5.89. The molecule has 4 rings (SSSR count). The van der Waals surface area contributed by atoms with Crippen molar-refractivity contribution in [1.29, 1.82) is 0 Å². The van der Waals surface area contributed by atoms with Gasteiger partial charge in [-0.05, 0) is 58.0 Å². The van der Waals surface area contributed by atoms with Gasteiger partial charge in [0.15, 0.2) is 5.58 Å². The molecule has 0 aliphatic heterocycles. The summed E-state index contributed by atoms with van der Waals surface area (Å²) in [6, 6.07) is 6.94. The van der Waals surface area contributed by atoms with Gasteiger partial charge in [-0.25, -0.2) is 9.97 Å². The minimum atomic E-state index is -0.573. The summed E-state index contributed by atoms with van der Waals surface area (Å²) in [5.41, 5.74) is 0.873. The molecule has 2 N–H and O–H groups in total. The van der Waals surface area contributed by atoms with E-state index in [0.29, 0.717) is 47.1 Å². The number of ether oxygens (including phenoxy) is 2. The molecule has 0 bridgehead atoms. The van der Waals surface area contributed by atoms with E-state index < -0.39 is 5.91 Å². The van der Waals surface area contributed by atoms with Gasteiger partial charge in [0.25, 0.3) is 5.91 Å². The second kappa shape index (κ2) is 11.7. The number of pyridine rings is 2. The maximum atomic E-state index is 13.3. The Labute approximate surface area is 214 Å². The fourth-order valence-electron chi connectivity index (χ4n) is 4.25. The van der Waals surface area contributed by atoms with Gasteiger partial charge in [0, 0.05) is 31.3 Å².